The van der Waals surface area contributed by atoms with Crippen molar-refractivity contribution in [2.24, 2.45) is 0 Å². The SMILES string of the molecule is c1ccc(-c2cccc3cccc(-c4cccc(N(c5ccc(-c6cccc7ccccc67)cc5)c5ccccc5-c5cccc6c5oc5c7ccccc7ccc65)c4)c23)cc1. The maximum Gasteiger partial charge on any atom is 0.143 e. The van der Waals surface area contributed by atoms with Gasteiger partial charge in [-0.25, -0.2) is 0 Å². The Morgan fingerprint density at radius 1 is 0.274 bits per heavy atom. The predicted octanol–water partition coefficient (Wildman–Crippen LogP) is 17.2. The summed E-state index contributed by atoms with van der Waals surface area (Å²) in [5, 5.41) is 9.45. The van der Waals surface area contributed by atoms with Crippen LogP contribution >= 0.6 is 0 Å². The molecule has 0 radical (unpaired) electrons. The van der Waals surface area contributed by atoms with E-state index in [2.05, 4.69) is 241 Å². The molecule has 0 unspecified atom stereocenters. The molecular weight excluding hydrogens is 751 g/mol. The van der Waals surface area contributed by atoms with Crippen molar-refractivity contribution in [3.63, 3.8) is 0 Å². The number of hydrogen-bond donors (Lipinski definition) is 0. The third-order valence-corrected chi connectivity index (χ3v) is 12.5. The highest BCUT2D eigenvalue weighted by atomic mass is 16.3. The number of fused-ring (bicyclic) bond motifs is 7. The van der Waals surface area contributed by atoms with Crippen molar-refractivity contribution in [1.29, 1.82) is 0 Å². The molecule has 0 spiro atoms. The zero-order valence-electron chi connectivity index (χ0n) is 33.9. The van der Waals surface area contributed by atoms with Crippen LogP contribution in [-0.2, 0) is 0 Å². The fourth-order valence-corrected chi connectivity index (χ4v) is 9.58. The molecule has 0 N–H and O–H groups in total. The second-order valence-electron chi connectivity index (χ2n) is 16.0. The van der Waals surface area contributed by atoms with Gasteiger partial charge in [0.05, 0.1) is 5.69 Å². The van der Waals surface area contributed by atoms with Crippen LogP contribution in [0.2, 0.25) is 0 Å². The topological polar surface area (TPSA) is 16.4 Å². The molecule has 1 aromatic heterocycles. The van der Waals surface area contributed by atoms with E-state index in [0.29, 0.717) is 0 Å². The molecule has 0 aliphatic carbocycles. The van der Waals surface area contributed by atoms with E-state index in [0.717, 1.165) is 61.1 Å². The van der Waals surface area contributed by atoms with E-state index < -0.39 is 0 Å². The van der Waals surface area contributed by atoms with Crippen LogP contribution in [0.25, 0.3) is 98.8 Å². The number of benzene rings is 11. The lowest BCUT2D eigenvalue weighted by Crippen LogP contribution is -2.11. The molecule has 1 heterocycles. The quantitative estimate of drug-likeness (QED) is 0.160. The monoisotopic (exact) mass is 789 g/mol. The van der Waals surface area contributed by atoms with Gasteiger partial charge in [-0.1, -0.05) is 200 Å². The minimum Gasteiger partial charge on any atom is -0.455 e. The largest absolute Gasteiger partial charge is 0.455 e. The van der Waals surface area contributed by atoms with E-state index in [9.17, 15) is 0 Å². The second-order valence-corrected chi connectivity index (χ2v) is 16.0. The van der Waals surface area contributed by atoms with E-state index in [1.54, 1.807) is 0 Å². The minimum atomic E-state index is 0.885. The van der Waals surface area contributed by atoms with E-state index in [1.807, 2.05) is 0 Å². The molecule has 2 heteroatoms. The smallest absolute Gasteiger partial charge is 0.143 e. The molecule has 0 aliphatic heterocycles. The Morgan fingerprint density at radius 3 is 1.63 bits per heavy atom. The molecule has 0 saturated carbocycles. The number of nitrogens with zero attached hydrogens (tertiary/aromatic N) is 1. The summed E-state index contributed by atoms with van der Waals surface area (Å²) in [7, 11) is 0. The number of hydrogen-bond acceptors (Lipinski definition) is 2. The summed E-state index contributed by atoms with van der Waals surface area (Å²) in [6.07, 6.45) is 0. The van der Waals surface area contributed by atoms with Gasteiger partial charge in [0.15, 0.2) is 0 Å². The van der Waals surface area contributed by atoms with Crippen LogP contribution in [-0.4, -0.2) is 0 Å². The minimum absolute atomic E-state index is 0.885. The molecule has 0 amide bonds. The molecule has 0 bridgehead atoms. The molecule has 0 aliphatic rings. The summed E-state index contributed by atoms with van der Waals surface area (Å²) in [6.45, 7) is 0. The summed E-state index contributed by atoms with van der Waals surface area (Å²) in [6, 6.07) is 85.4. The van der Waals surface area contributed by atoms with Gasteiger partial charge in [0.2, 0.25) is 0 Å². The van der Waals surface area contributed by atoms with E-state index >= 15 is 0 Å². The first-order chi connectivity index (χ1) is 30.8. The number of furan rings is 1. The fourth-order valence-electron chi connectivity index (χ4n) is 9.58. The van der Waals surface area contributed by atoms with Gasteiger partial charge in [0.25, 0.3) is 0 Å². The average Bonchev–Trinajstić information content (AvgIpc) is 3.74. The first kappa shape index (κ1) is 35.7. The van der Waals surface area contributed by atoms with Gasteiger partial charge in [-0.3, -0.25) is 0 Å². The Hall–Kier alpha value is -8.20. The standard InChI is InChI=1S/C60H39NO/c1-2-15-41(16-3-1)50-28-12-20-44-21-13-29-51(58(44)50)45-22-10-23-47(39-45)61(46-36-33-43(34-37-46)49-27-11-19-40-17-4-6-24-48(40)49)57-32-9-8-26-53(57)54-30-14-31-55-56-38-35-42-18-5-7-25-52(42)59(56)62-60(54)55/h1-39H. The summed E-state index contributed by atoms with van der Waals surface area (Å²) in [5.74, 6) is 0. The third-order valence-electron chi connectivity index (χ3n) is 12.5. The Labute approximate surface area is 360 Å². The number of rotatable bonds is 7. The summed E-state index contributed by atoms with van der Waals surface area (Å²) >= 11 is 0. The summed E-state index contributed by atoms with van der Waals surface area (Å²) < 4.78 is 6.94. The zero-order valence-corrected chi connectivity index (χ0v) is 33.9. The van der Waals surface area contributed by atoms with Crippen LogP contribution in [0.15, 0.2) is 241 Å². The van der Waals surface area contributed by atoms with Crippen LogP contribution in [0.3, 0.4) is 0 Å². The first-order valence-corrected chi connectivity index (χ1v) is 21.3. The normalized spacial score (nSPS) is 11.5. The molecule has 0 saturated heterocycles. The van der Waals surface area contributed by atoms with Gasteiger partial charge in [-0.05, 0) is 96.7 Å². The number of para-hydroxylation sites is 2. The Morgan fingerprint density at radius 2 is 0.806 bits per heavy atom. The molecule has 12 rings (SSSR count). The van der Waals surface area contributed by atoms with Crippen molar-refractivity contribution >= 4 is 71.3 Å². The maximum atomic E-state index is 6.94. The van der Waals surface area contributed by atoms with Gasteiger partial charge >= 0.3 is 0 Å². The van der Waals surface area contributed by atoms with Crippen LogP contribution < -0.4 is 4.90 Å². The lowest BCUT2D eigenvalue weighted by molar-refractivity contribution is 0.674. The fraction of sp³-hybridized carbons (Fsp3) is 0. The molecule has 290 valence electrons. The second kappa shape index (κ2) is 14.8. The van der Waals surface area contributed by atoms with Crippen LogP contribution in [0, 0.1) is 0 Å². The Balaban J connectivity index is 1.07. The summed E-state index contributed by atoms with van der Waals surface area (Å²) in [5.41, 5.74) is 14.3. The van der Waals surface area contributed by atoms with E-state index in [4.69, 9.17) is 4.42 Å². The highest BCUT2D eigenvalue weighted by Gasteiger charge is 2.22. The van der Waals surface area contributed by atoms with Crippen LogP contribution in [0.4, 0.5) is 17.1 Å². The van der Waals surface area contributed by atoms with Crippen molar-refractivity contribution in [3.05, 3.63) is 237 Å². The molecular formula is C60H39NO. The molecule has 62 heavy (non-hydrogen) atoms. The van der Waals surface area contributed by atoms with Crippen molar-refractivity contribution in [3.8, 4) is 44.5 Å². The third kappa shape index (κ3) is 5.96. The van der Waals surface area contributed by atoms with Gasteiger partial charge < -0.3 is 9.32 Å². The lowest BCUT2D eigenvalue weighted by atomic mass is 9.91. The zero-order chi connectivity index (χ0) is 41.0. The Kier molecular flexibility index (Phi) is 8.53. The first-order valence-electron chi connectivity index (χ1n) is 21.3. The summed E-state index contributed by atoms with van der Waals surface area (Å²) in [4.78, 5) is 2.41. The van der Waals surface area contributed by atoms with Crippen molar-refractivity contribution in [2.75, 3.05) is 4.90 Å². The van der Waals surface area contributed by atoms with E-state index in [1.165, 1.54) is 54.7 Å². The van der Waals surface area contributed by atoms with Crippen molar-refractivity contribution < 1.29 is 4.42 Å². The van der Waals surface area contributed by atoms with Gasteiger partial charge in [-0.15, -0.1) is 0 Å². The Bertz CT molecular complexity index is 3630. The average molecular weight is 790 g/mol. The van der Waals surface area contributed by atoms with Crippen molar-refractivity contribution in [2.45, 2.75) is 0 Å². The highest BCUT2D eigenvalue weighted by molar-refractivity contribution is 6.18. The van der Waals surface area contributed by atoms with Crippen molar-refractivity contribution in [1.82, 2.24) is 0 Å². The molecule has 2 nitrogen and oxygen atoms in total. The van der Waals surface area contributed by atoms with Crippen LogP contribution in [0.5, 0.6) is 0 Å². The van der Waals surface area contributed by atoms with Gasteiger partial charge in [0.1, 0.15) is 11.2 Å². The predicted molar refractivity (Wildman–Crippen MR) is 263 cm³/mol. The molecule has 11 aromatic carbocycles. The highest BCUT2D eigenvalue weighted by Crippen LogP contribution is 2.47. The van der Waals surface area contributed by atoms with Gasteiger partial charge in [0, 0.05) is 38.7 Å². The maximum absolute atomic E-state index is 6.94. The van der Waals surface area contributed by atoms with Gasteiger partial charge in [-0.2, -0.15) is 0 Å². The molecule has 0 atom stereocenters. The lowest BCUT2D eigenvalue weighted by Gasteiger charge is -2.28. The molecule has 0 fully saturated rings. The van der Waals surface area contributed by atoms with E-state index in [-0.39, 0.29) is 0 Å². The number of anilines is 3. The van der Waals surface area contributed by atoms with Crippen LogP contribution in [0.1, 0.15) is 0 Å². The molecule has 12 aromatic rings.